The molecule has 0 amide bonds. The van der Waals surface area contributed by atoms with Crippen molar-refractivity contribution in [1.82, 2.24) is 0 Å². The van der Waals surface area contributed by atoms with Crippen LogP contribution >= 0.6 is 0 Å². The van der Waals surface area contributed by atoms with Gasteiger partial charge < -0.3 is 9.15 Å². The van der Waals surface area contributed by atoms with Crippen molar-refractivity contribution >= 4 is 16.9 Å². The van der Waals surface area contributed by atoms with Crippen molar-refractivity contribution in [3.05, 3.63) is 35.6 Å². The average molecular weight is 204 g/mol. The number of hydrogen-bond donors (Lipinski definition) is 0. The predicted molar refractivity (Wildman–Crippen MR) is 56.9 cm³/mol. The fourth-order valence-electron chi connectivity index (χ4n) is 1.50. The first-order valence-electron chi connectivity index (χ1n) is 4.87. The van der Waals surface area contributed by atoms with Gasteiger partial charge >= 0.3 is 5.97 Å². The summed E-state index contributed by atoms with van der Waals surface area (Å²) in [4.78, 5) is 11.5. The van der Waals surface area contributed by atoms with E-state index >= 15 is 0 Å². The van der Waals surface area contributed by atoms with E-state index < -0.39 is 0 Å². The van der Waals surface area contributed by atoms with Gasteiger partial charge in [0, 0.05) is 5.39 Å². The molecular formula is C12H12O3. The van der Waals surface area contributed by atoms with Gasteiger partial charge in [0.25, 0.3) is 0 Å². The molecule has 0 saturated carbocycles. The maximum atomic E-state index is 11.5. The molecule has 1 heterocycles. The molecule has 0 aliphatic carbocycles. The Morgan fingerprint density at radius 1 is 1.47 bits per heavy atom. The molecule has 3 heteroatoms. The molecule has 1 aromatic heterocycles. The molecule has 3 nitrogen and oxygen atoms in total. The summed E-state index contributed by atoms with van der Waals surface area (Å²) in [5.74, 6) is -0.333. The fourth-order valence-corrected chi connectivity index (χ4v) is 1.50. The minimum absolute atomic E-state index is 0.333. The van der Waals surface area contributed by atoms with Gasteiger partial charge in [0.2, 0.25) is 0 Å². The molecule has 15 heavy (non-hydrogen) atoms. The number of ether oxygens (including phenoxy) is 1. The maximum absolute atomic E-state index is 11.5. The number of fused-ring (bicyclic) bond motifs is 1. The van der Waals surface area contributed by atoms with E-state index in [0.29, 0.717) is 12.2 Å². The zero-order chi connectivity index (χ0) is 10.8. The topological polar surface area (TPSA) is 39.4 Å². The predicted octanol–water partition coefficient (Wildman–Crippen LogP) is 2.92. The van der Waals surface area contributed by atoms with E-state index in [9.17, 15) is 4.79 Å². The van der Waals surface area contributed by atoms with Gasteiger partial charge in [-0.05, 0) is 31.5 Å². The normalized spacial score (nSPS) is 10.5. The van der Waals surface area contributed by atoms with Crippen LogP contribution in [0.2, 0.25) is 0 Å². The van der Waals surface area contributed by atoms with Gasteiger partial charge in [0.1, 0.15) is 17.4 Å². The van der Waals surface area contributed by atoms with Crippen LogP contribution in [0.4, 0.5) is 0 Å². The SMILES string of the molecule is CCOC(=O)c1coc2cc(C)ccc12. The Hall–Kier alpha value is -1.77. The van der Waals surface area contributed by atoms with E-state index in [1.54, 1.807) is 6.92 Å². The van der Waals surface area contributed by atoms with Crippen LogP contribution in [0.1, 0.15) is 22.8 Å². The summed E-state index contributed by atoms with van der Waals surface area (Å²) in [6.45, 7) is 4.13. The first kappa shape index (κ1) is 9.77. The van der Waals surface area contributed by atoms with E-state index in [1.165, 1.54) is 6.26 Å². The zero-order valence-corrected chi connectivity index (χ0v) is 8.74. The Labute approximate surface area is 87.6 Å². The van der Waals surface area contributed by atoms with Crippen molar-refractivity contribution in [2.75, 3.05) is 6.61 Å². The highest BCUT2D eigenvalue weighted by molar-refractivity contribution is 6.03. The molecule has 78 valence electrons. The number of carbonyl (C=O) groups is 1. The van der Waals surface area contributed by atoms with Crippen LogP contribution in [0, 0.1) is 6.92 Å². The van der Waals surface area contributed by atoms with E-state index in [4.69, 9.17) is 9.15 Å². The molecule has 0 atom stereocenters. The number of esters is 1. The van der Waals surface area contributed by atoms with Crippen molar-refractivity contribution in [1.29, 1.82) is 0 Å². The van der Waals surface area contributed by atoms with Gasteiger partial charge in [-0.25, -0.2) is 4.79 Å². The Bertz CT molecular complexity index is 497. The Morgan fingerprint density at radius 2 is 2.27 bits per heavy atom. The number of aryl methyl sites for hydroxylation is 1. The zero-order valence-electron chi connectivity index (χ0n) is 8.74. The molecule has 0 N–H and O–H groups in total. The van der Waals surface area contributed by atoms with Gasteiger partial charge in [-0.15, -0.1) is 0 Å². The number of hydrogen-bond acceptors (Lipinski definition) is 3. The van der Waals surface area contributed by atoms with Gasteiger partial charge in [-0.1, -0.05) is 6.07 Å². The van der Waals surface area contributed by atoms with Gasteiger partial charge in [0.05, 0.1) is 6.61 Å². The smallest absolute Gasteiger partial charge is 0.342 e. The van der Waals surface area contributed by atoms with Crippen LogP contribution in [-0.2, 0) is 4.74 Å². The molecule has 0 spiro atoms. The number of benzene rings is 1. The molecule has 0 saturated heterocycles. The summed E-state index contributed by atoms with van der Waals surface area (Å²) in [5.41, 5.74) is 2.32. The van der Waals surface area contributed by atoms with E-state index in [-0.39, 0.29) is 5.97 Å². The second kappa shape index (κ2) is 3.77. The number of rotatable bonds is 2. The molecule has 2 rings (SSSR count). The number of carbonyl (C=O) groups excluding carboxylic acids is 1. The van der Waals surface area contributed by atoms with Gasteiger partial charge in [-0.3, -0.25) is 0 Å². The Morgan fingerprint density at radius 3 is 3.00 bits per heavy atom. The van der Waals surface area contributed by atoms with Crippen LogP contribution in [-0.4, -0.2) is 12.6 Å². The lowest BCUT2D eigenvalue weighted by molar-refractivity contribution is 0.0527. The summed E-state index contributed by atoms with van der Waals surface area (Å²) < 4.78 is 10.2. The highest BCUT2D eigenvalue weighted by Crippen LogP contribution is 2.22. The van der Waals surface area contributed by atoms with Crippen molar-refractivity contribution in [2.24, 2.45) is 0 Å². The summed E-state index contributed by atoms with van der Waals surface area (Å²) in [6, 6.07) is 5.72. The Kier molecular flexibility index (Phi) is 2.46. The molecule has 0 unspecified atom stereocenters. The minimum atomic E-state index is -0.333. The molecule has 1 aromatic carbocycles. The highest BCUT2D eigenvalue weighted by atomic mass is 16.5. The van der Waals surface area contributed by atoms with Crippen LogP contribution in [0.3, 0.4) is 0 Å². The minimum Gasteiger partial charge on any atom is -0.463 e. The Balaban J connectivity index is 2.49. The molecule has 0 radical (unpaired) electrons. The van der Waals surface area contributed by atoms with Crippen molar-refractivity contribution in [3.8, 4) is 0 Å². The van der Waals surface area contributed by atoms with E-state index in [0.717, 1.165) is 16.5 Å². The third kappa shape index (κ3) is 1.73. The van der Waals surface area contributed by atoms with Crippen LogP contribution in [0.5, 0.6) is 0 Å². The van der Waals surface area contributed by atoms with Gasteiger partial charge in [0.15, 0.2) is 0 Å². The van der Waals surface area contributed by atoms with Crippen molar-refractivity contribution in [2.45, 2.75) is 13.8 Å². The van der Waals surface area contributed by atoms with Crippen LogP contribution in [0.25, 0.3) is 11.0 Å². The number of furan rings is 1. The summed E-state index contributed by atoms with van der Waals surface area (Å²) >= 11 is 0. The average Bonchev–Trinajstić information content (AvgIpc) is 2.60. The first-order chi connectivity index (χ1) is 7.22. The first-order valence-corrected chi connectivity index (χ1v) is 4.87. The third-order valence-electron chi connectivity index (χ3n) is 2.23. The summed E-state index contributed by atoms with van der Waals surface area (Å²) in [5, 5.41) is 0.805. The quantitative estimate of drug-likeness (QED) is 0.706. The van der Waals surface area contributed by atoms with Crippen LogP contribution < -0.4 is 0 Å². The van der Waals surface area contributed by atoms with E-state index in [2.05, 4.69) is 0 Å². The molecular weight excluding hydrogens is 192 g/mol. The lowest BCUT2D eigenvalue weighted by Crippen LogP contribution is -2.03. The molecule has 0 bridgehead atoms. The van der Waals surface area contributed by atoms with Gasteiger partial charge in [-0.2, -0.15) is 0 Å². The highest BCUT2D eigenvalue weighted by Gasteiger charge is 2.14. The monoisotopic (exact) mass is 204 g/mol. The second-order valence-electron chi connectivity index (χ2n) is 3.37. The molecule has 0 aliphatic rings. The molecule has 2 aromatic rings. The van der Waals surface area contributed by atoms with E-state index in [1.807, 2.05) is 25.1 Å². The summed E-state index contributed by atoms with van der Waals surface area (Å²) in [7, 11) is 0. The lowest BCUT2D eigenvalue weighted by Gasteiger charge is -1.98. The molecule has 0 aliphatic heterocycles. The second-order valence-corrected chi connectivity index (χ2v) is 3.37. The van der Waals surface area contributed by atoms with Crippen molar-refractivity contribution < 1.29 is 13.9 Å². The van der Waals surface area contributed by atoms with Crippen LogP contribution in [0.15, 0.2) is 28.9 Å². The molecule has 0 fully saturated rings. The third-order valence-corrected chi connectivity index (χ3v) is 2.23. The largest absolute Gasteiger partial charge is 0.463 e. The fraction of sp³-hybridized carbons (Fsp3) is 0.250. The standard InChI is InChI=1S/C12H12O3/c1-3-14-12(13)10-7-15-11-6-8(2)4-5-9(10)11/h4-7H,3H2,1-2H3. The summed E-state index contributed by atoms with van der Waals surface area (Å²) in [6.07, 6.45) is 1.45. The maximum Gasteiger partial charge on any atom is 0.342 e. The van der Waals surface area contributed by atoms with Crippen molar-refractivity contribution in [3.63, 3.8) is 0 Å². The lowest BCUT2D eigenvalue weighted by atomic mass is 10.1.